The molecule has 80 valence electrons. The first-order valence-corrected chi connectivity index (χ1v) is 5.23. The molecule has 2 N–H and O–H groups in total. The van der Waals surface area contributed by atoms with Gasteiger partial charge < -0.3 is 5.11 Å². The molecular weight excluding hydrogens is 206 g/mol. The molecule has 1 heterocycles. The van der Waals surface area contributed by atoms with Gasteiger partial charge in [0, 0.05) is 19.8 Å². The number of aliphatic carboxylic acids is 1. The van der Waals surface area contributed by atoms with Gasteiger partial charge in [-0.05, 0) is 0 Å². The predicted molar refractivity (Wildman–Crippen MR) is 52.8 cm³/mol. The van der Waals surface area contributed by atoms with Crippen LogP contribution in [0.5, 0.6) is 0 Å². The lowest BCUT2D eigenvalue weighted by Gasteiger charge is -2.23. The standard InChI is InChI=1S/C7H13N3O3S/c1-9(2)8-7(13)10-4-14-3-5(10)6(11)12/h5H,3-4H2,1-2H3,(H,8,13)(H,11,12)/t5-/m0/s1. The summed E-state index contributed by atoms with van der Waals surface area (Å²) in [5.41, 5.74) is 2.51. The molecule has 0 radical (unpaired) electrons. The molecule has 1 aliphatic heterocycles. The maximum atomic E-state index is 11.5. The topological polar surface area (TPSA) is 72.9 Å². The van der Waals surface area contributed by atoms with E-state index in [4.69, 9.17) is 5.11 Å². The van der Waals surface area contributed by atoms with Gasteiger partial charge in [0.15, 0.2) is 0 Å². The summed E-state index contributed by atoms with van der Waals surface area (Å²) in [4.78, 5) is 23.5. The number of urea groups is 1. The quantitative estimate of drug-likeness (QED) is 0.620. The van der Waals surface area contributed by atoms with Crippen LogP contribution in [0, 0.1) is 0 Å². The van der Waals surface area contributed by atoms with E-state index < -0.39 is 12.0 Å². The minimum atomic E-state index is -0.955. The number of rotatable bonds is 2. The van der Waals surface area contributed by atoms with E-state index in [1.807, 2.05) is 0 Å². The van der Waals surface area contributed by atoms with Crippen molar-refractivity contribution in [3.8, 4) is 0 Å². The normalized spacial score (nSPS) is 21.4. The summed E-state index contributed by atoms with van der Waals surface area (Å²) in [6.45, 7) is 0. The Kier molecular flexibility index (Phi) is 3.59. The molecule has 1 fully saturated rings. The highest BCUT2D eigenvalue weighted by molar-refractivity contribution is 7.99. The van der Waals surface area contributed by atoms with Gasteiger partial charge in [-0.2, -0.15) is 0 Å². The fourth-order valence-corrected chi connectivity index (χ4v) is 2.25. The maximum absolute atomic E-state index is 11.5. The Bertz CT molecular complexity index is 246. The molecule has 1 atom stereocenters. The van der Waals surface area contributed by atoms with Gasteiger partial charge in [-0.25, -0.2) is 14.6 Å². The third-order valence-electron chi connectivity index (χ3n) is 1.75. The number of carbonyl (C=O) groups is 2. The Morgan fingerprint density at radius 1 is 1.57 bits per heavy atom. The zero-order valence-corrected chi connectivity index (χ0v) is 8.87. The number of thioether (sulfide) groups is 1. The van der Waals surface area contributed by atoms with Crippen LogP contribution in [0.2, 0.25) is 0 Å². The average Bonchev–Trinajstić information content (AvgIpc) is 2.49. The van der Waals surface area contributed by atoms with E-state index in [0.29, 0.717) is 11.6 Å². The Hall–Kier alpha value is -0.950. The summed E-state index contributed by atoms with van der Waals surface area (Å²) in [6.07, 6.45) is 0. The maximum Gasteiger partial charge on any atom is 0.333 e. The number of carbonyl (C=O) groups excluding carboxylic acids is 1. The van der Waals surface area contributed by atoms with Gasteiger partial charge >= 0.3 is 12.0 Å². The lowest BCUT2D eigenvalue weighted by molar-refractivity contribution is -0.140. The van der Waals surface area contributed by atoms with E-state index in [9.17, 15) is 9.59 Å². The number of hydrogen-bond donors (Lipinski definition) is 2. The highest BCUT2D eigenvalue weighted by Crippen LogP contribution is 2.20. The van der Waals surface area contributed by atoms with Crippen molar-refractivity contribution in [2.24, 2.45) is 0 Å². The van der Waals surface area contributed by atoms with Crippen LogP contribution in [0.1, 0.15) is 0 Å². The molecule has 6 nitrogen and oxygen atoms in total. The average molecular weight is 219 g/mol. The smallest absolute Gasteiger partial charge is 0.333 e. The summed E-state index contributed by atoms with van der Waals surface area (Å²) < 4.78 is 0. The zero-order valence-electron chi connectivity index (χ0n) is 8.06. The fourth-order valence-electron chi connectivity index (χ4n) is 1.10. The molecule has 0 unspecified atom stereocenters. The summed E-state index contributed by atoms with van der Waals surface area (Å²) in [6, 6.07) is -1.08. The van der Waals surface area contributed by atoms with Crippen molar-refractivity contribution in [3.63, 3.8) is 0 Å². The van der Waals surface area contributed by atoms with E-state index in [-0.39, 0.29) is 6.03 Å². The Labute approximate surface area is 86.2 Å². The summed E-state index contributed by atoms with van der Waals surface area (Å²) in [5.74, 6) is -0.0729. The molecule has 1 rings (SSSR count). The van der Waals surface area contributed by atoms with Crippen molar-refractivity contribution < 1.29 is 14.7 Å². The van der Waals surface area contributed by atoms with Crippen LogP contribution < -0.4 is 5.43 Å². The van der Waals surface area contributed by atoms with Gasteiger partial charge in [0.2, 0.25) is 0 Å². The minimum Gasteiger partial charge on any atom is -0.480 e. The van der Waals surface area contributed by atoms with Gasteiger partial charge in [-0.15, -0.1) is 11.8 Å². The molecule has 0 aromatic carbocycles. The van der Waals surface area contributed by atoms with E-state index >= 15 is 0 Å². The van der Waals surface area contributed by atoms with Crippen LogP contribution in [0.25, 0.3) is 0 Å². The second-order valence-electron chi connectivity index (χ2n) is 3.14. The molecule has 0 aromatic heterocycles. The molecule has 0 saturated carbocycles. The van der Waals surface area contributed by atoms with E-state index in [2.05, 4.69) is 5.43 Å². The van der Waals surface area contributed by atoms with Crippen molar-refractivity contribution in [2.45, 2.75) is 6.04 Å². The van der Waals surface area contributed by atoms with E-state index in [0.717, 1.165) is 0 Å². The molecule has 0 aromatic rings. The molecule has 0 bridgehead atoms. The number of hydrogen-bond acceptors (Lipinski definition) is 4. The van der Waals surface area contributed by atoms with Gasteiger partial charge in [-0.1, -0.05) is 0 Å². The van der Waals surface area contributed by atoms with Gasteiger partial charge in [0.25, 0.3) is 0 Å². The number of amides is 2. The Balaban J connectivity index is 2.58. The van der Waals surface area contributed by atoms with Crippen LogP contribution in [-0.2, 0) is 4.79 Å². The highest BCUT2D eigenvalue weighted by Gasteiger charge is 2.34. The second-order valence-corrected chi connectivity index (χ2v) is 4.13. The van der Waals surface area contributed by atoms with Crippen LogP contribution in [0.4, 0.5) is 4.79 Å². The van der Waals surface area contributed by atoms with Crippen LogP contribution in [0.3, 0.4) is 0 Å². The van der Waals surface area contributed by atoms with Crippen molar-refractivity contribution in [2.75, 3.05) is 25.7 Å². The Morgan fingerprint density at radius 3 is 2.71 bits per heavy atom. The zero-order chi connectivity index (χ0) is 10.7. The second kappa shape index (κ2) is 4.52. The van der Waals surface area contributed by atoms with Crippen LogP contribution >= 0.6 is 11.8 Å². The van der Waals surface area contributed by atoms with Gasteiger partial charge in [-0.3, -0.25) is 10.3 Å². The van der Waals surface area contributed by atoms with Gasteiger partial charge in [0.05, 0.1) is 5.88 Å². The molecule has 1 aliphatic rings. The summed E-state index contributed by atoms with van der Waals surface area (Å²) >= 11 is 1.44. The number of nitrogens with one attached hydrogen (secondary N) is 1. The summed E-state index contributed by atoms with van der Waals surface area (Å²) in [7, 11) is 3.35. The van der Waals surface area contributed by atoms with E-state index in [1.165, 1.54) is 21.7 Å². The van der Waals surface area contributed by atoms with Crippen molar-refractivity contribution >= 4 is 23.8 Å². The number of hydrazine groups is 1. The third kappa shape index (κ3) is 2.52. The van der Waals surface area contributed by atoms with Crippen molar-refractivity contribution in [1.29, 1.82) is 0 Å². The molecular formula is C7H13N3O3S. The molecule has 0 aliphatic carbocycles. The SMILES string of the molecule is CN(C)NC(=O)N1CSC[C@H]1C(=O)O. The largest absolute Gasteiger partial charge is 0.480 e. The van der Waals surface area contributed by atoms with Crippen LogP contribution in [-0.4, -0.2) is 58.8 Å². The highest BCUT2D eigenvalue weighted by atomic mass is 32.2. The molecule has 7 heteroatoms. The fraction of sp³-hybridized carbons (Fsp3) is 0.714. The first-order valence-electron chi connectivity index (χ1n) is 4.07. The number of carboxylic acids is 1. The van der Waals surface area contributed by atoms with Crippen molar-refractivity contribution in [1.82, 2.24) is 15.3 Å². The minimum absolute atomic E-state index is 0.368. The predicted octanol–water partition coefficient (Wildman–Crippen LogP) is -0.368. The molecule has 1 saturated heterocycles. The summed E-state index contributed by atoms with van der Waals surface area (Å²) in [5, 5.41) is 10.3. The van der Waals surface area contributed by atoms with Gasteiger partial charge in [0.1, 0.15) is 6.04 Å². The lowest BCUT2D eigenvalue weighted by atomic mass is 10.3. The molecule has 2 amide bonds. The van der Waals surface area contributed by atoms with Crippen molar-refractivity contribution in [3.05, 3.63) is 0 Å². The monoisotopic (exact) mass is 219 g/mol. The lowest BCUT2D eigenvalue weighted by Crippen LogP contribution is -2.50. The first kappa shape index (κ1) is 11.1. The number of nitrogens with zero attached hydrogens (tertiary/aromatic N) is 2. The Morgan fingerprint density at radius 2 is 2.21 bits per heavy atom. The number of carboxylic acid groups (broad SMARTS) is 1. The third-order valence-corrected chi connectivity index (χ3v) is 2.76. The first-order chi connectivity index (χ1) is 6.52. The van der Waals surface area contributed by atoms with E-state index in [1.54, 1.807) is 14.1 Å². The molecule has 0 spiro atoms. The van der Waals surface area contributed by atoms with Crippen LogP contribution in [0.15, 0.2) is 0 Å². The molecule has 14 heavy (non-hydrogen) atoms.